The smallest absolute Gasteiger partial charge is 0.250 e. The van der Waals surface area contributed by atoms with Crippen LogP contribution in [0.25, 0.3) is 0 Å². The second kappa shape index (κ2) is 7.31. The van der Waals surface area contributed by atoms with Gasteiger partial charge in [-0.25, -0.2) is 0 Å². The quantitative estimate of drug-likeness (QED) is 0.334. The largest absolute Gasteiger partial charge is 0.348 e. The monoisotopic (exact) mass is 422 g/mol. The molecule has 0 aliphatic carbocycles. The Morgan fingerprint density at radius 3 is 2.76 bits per heavy atom. The van der Waals surface area contributed by atoms with Gasteiger partial charge in [-0.3, -0.25) is 9.59 Å². The van der Waals surface area contributed by atoms with Gasteiger partial charge in [-0.05, 0) is 30.6 Å². The van der Waals surface area contributed by atoms with Gasteiger partial charge >= 0.3 is 0 Å². The third-order valence-corrected chi connectivity index (χ3v) is 5.63. The van der Waals surface area contributed by atoms with Gasteiger partial charge in [0.2, 0.25) is 10.2 Å². The number of nitrogens with zero attached hydrogens (tertiary/aromatic N) is 2. The summed E-state index contributed by atoms with van der Waals surface area (Å²) >= 11 is 23.1. The first kappa shape index (κ1) is 18.8. The van der Waals surface area contributed by atoms with Gasteiger partial charge in [0.25, 0.3) is 5.56 Å². The zero-order valence-corrected chi connectivity index (χ0v) is 16.2. The van der Waals surface area contributed by atoms with Crippen LogP contribution < -0.4 is 16.2 Å². The van der Waals surface area contributed by atoms with Gasteiger partial charge in [0.15, 0.2) is 5.11 Å². The molecule has 0 saturated carbocycles. The second-order valence-corrected chi connectivity index (χ2v) is 9.07. The maximum Gasteiger partial charge on any atom is 0.250 e. The van der Waals surface area contributed by atoms with Crippen LogP contribution in [0.4, 0.5) is 0 Å². The first-order valence-corrected chi connectivity index (χ1v) is 9.35. The highest BCUT2D eigenvalue weighted by molar-refractivity contribution is 7.80. The molecule has 1 unspecified atom stereocenters. The molecule has 1 saturated heterocycles. The van der Waals surface area contributed by atoms with E-state index in [4.69, 9.17) is 47.0 Å². The predicted octanol–water partition coefficient (Wildman–Crippen LogP) is 1.58. The van der Waals surface area contributed by atoms with E-state index in [9.17, 15) is 9.59 Å². The topological polar surface area (TPSA) is 66.4 Å². The Balaban J connectivity index is 1.75. The number of carbonyl (C=O) groups is 1. The van der Waals surface area contributed by atoms with Crippen molar-refractivity contribution in [3.8, 4) is 0 Å². The number of pyridine rings is 1. The number of amides is 1. The van der Waals surface area contributed by atoms with Crippen molar-refractivity contribution in [2.45, 2.75) is 28.8 Å². The zero-order chi connectivity index (χ0) is 18.2. The lowest BCUT2D eigenvalue weighted by atomic mass is 9.83. The van der Waals surface area contributed by atoms with E-state index < -0.39 is 9.96 Å². The molecular weight excluding hydrogens is 407 g/mol. The van der Waals surface area contributed by atoms with Gasteiger partial charge in [0.05, 0.1) is 0 Å². The van der Waals surface area contributed by atoms with Crippen LogP contribution in [-0.4, -0.2) is 44.0 Å². The third kappa shape index (κ3) is 4.05. The fraction of sp³-hybridized carbons (Fsp3) is 0.533. The van der Waals surface area contributed by atoms with Crippen molar-refractivity contribution in [3.05, 3.63) is 34.2 Å². The molecular formula is C15H17Cl3N4O2S. The number of piperidine rings is 1. The molecule has 1 aromatic rings. The molecule has 2 N–H and O–H groups in total. The summed E-state index contributed by atoms with van der Waals surface area (Å²) in [5.74, 6) is 0.530. The molecule has 1 amide bonds. The summed E-state index contributed by atoms with van der Waals surface area (Å²) in [6.07, 6.45) is 0.540. The summed E-state index contributed by atoms with van der Waals surface area (Å²) < 4.78 is 0.112. The zero-order valence-electron chi connectivity index (χ0n) is 13.1. The van der Waals surface area contributed by atoms with Crippen molar-refractivity contribution < 1.29 is 4.79 Å². The molecule has 1 aromatic heterocycles. The van der Waals surface area contributed by atoms with Gasteiger partial charge in [-0.1, -0.05) is 40.9 Å². The first-order chi connectivity index (χ1) is 11.8. The highest BCUT2D eigenvalue weighted by Gasteiger charge is 2.38. The van der Waals surface area contributed by atoms with E-state index in [-0.39, 0.29) is 11.5 Å². The lowest BCUT2D eigenvalue weighted by Gasteiger charge is -2.44. The average molecular weight is 424 g/mol. The van der Waals surface area contributed by atoms with Crippen molar-refractivity contribution in [2.24, 2.45) is 5.92 Å². The van der Waals surface area contributed by atoms with Crippen LogP contribution >= 0.6 is 47.0 Å². The molecule has 3 heterocycles. The molecule has 2 bridgehead atoms. The van der Waals surface area contributed by atoms with Crippen LogP contribution in [0.5, 0.6) is 0 Å². The minimum Gasteiger partial charge on any atom is -0.348 e. The van der Waals surface area contributed by atoms with Gasteiger partial charge in [-0.2, -0.15) is 0 Å². The highest BCUT2D eigenvalue weighted by atomic mass is 35.6. The molecule has 10 heteroatoms. The van der Waals surface area contributed by atoms with Crippen molar-refractivity contribution in [1.82, 2.24) is 20.1 Å². The number of hydrogen-bond donors (Lipinski definition) is 2. The number of thiocarbonyl (C=S) groups is 1. The van der Waals surface area contributed by atoms with Crippen LogP contribution in [0.1, 0.15) is 18.0 Å². The fourth-order valence-corrected chi connectivity index (χ4v) is 4.18. The molecule has 2 aliphatic rings. The molecule has 0 aromatic carbocycles. The standard InChI is InChI=1S/C15H17Cl3N4O2S/c16-15(17,18)13(19-8-23)20-14(25)21-5-9-4-10(7-21)11-2-1-3-12(24)22(11)6-9/h1-3,8-10,13H,4-7H2,(H,19,23)(H,20,25)/t9-,10-,13?/m0/s1. The number of carbonyl (C=O) groups excluding carboxylic acids is 1. The van der Waals surface area contributed by atoms with Crippen LogP contribution in [-0.2, 0) is 11.3 Å². The fourth-order valence-electron chi connectivity index (χ4n) is 3.56. The van der Waals surface area contributed by atoms with E-state index in [2.05, 4.69) is 10.6 Å². The summed E-state index contributed by atoms with van der Waals surface area (Å²) in [5, 5.41) is 5.73. The van der Waals surface area contributed by atoms with E-state index in [1.165, 1.54) is 0 Å². The van der Waals surface area contributed by atoms with E-state index in [1.807, 2.05) is 15.5 Å². The number of fused-ring (bicyclic) bond motifs is 4. The maximum absolute atomic E-state index is 12.1. The number of rotatable bonds is 3. The van der Waals surface area contributed by atoms with Crippen LogP contribution in [0.2, 0.25) is 0 Å². The van der Waals surface area contributed by atoms with Gasteiger partial charge in [0.1, 0.15) is 6.17 Å². The number of likely N-dealkylation sites (tertiary alicyclic amines) is 1. The molecule has 3 rings (SSSR count). The molecule has 1 fully saturated rings. The lowest BCUT2D eigenvalue weighted by Crippen LogP contribution is -2.58. The summed E-state index contributed by atoms with van der Waals surface area (Å²) in [4.78, 5) is 24.8. The number of aromatic nitrogens is 1. The Kier molecular flexibility index (Phi) is 5.48. The number of hydrogen-bond acceptors (Lipinski definition) is 3. The third-order valence-electron chi connectivity index (χ3n) is 4.60. The van der Waals surface area contributed by atoms with Gasteiger partial charge in [-0.15, -0.1) is 0 Å². The average Bonchev–Trinajstić information content (AvgIpc) is 2.54. The number of nitrogens with one attached hydrogen (secondary N) is 2. The van der Waals surface area contributed by atoms with E-state index in [0.717, 1.165) is 12.1 Å². The maximum atomic E-state index is 12.1. The van der Waals surface area contributed by atoms with Crippen LogP contribution in [0, 0.1) is 5.92 Å². The second-order valence-electron chi connectivity index (χ2n) is 6.31. The Morgan fingerprint density at radius 2 is 2.08 bits per heavy atom. The van der Waals surface area contributed by atoms with E-state index in [1.54, 1.807) is 12.1 Å². The minimum atomic E-state index is -1.74. The van der Waals surface area contributed by atoms with E-state index >= 15 is 0 Å². The lowest BCUT2D eigenvalue weighted by molar-refractivity contribution is -0.110. The van der Waals surface area contributed by atoms with Crippen molar-refractivity contribution >= 4 is 58.5 Å². The van der Waals surface area contributed by atoms with E-state index in [0.29, 0.717) is 37.1 Å². The Hall–Kier alpha value is -1.02. The van der Waals surface area contributed by atoms with Crippen molar-refractivity contribution in [1.29, 1.82) is 0 Å². The number of halogens is 3. The SMILES string of the molecule is O=CNC(NC(=S)N1C[C@@H]2C[C@@H](C1)c1cccc(=O)n1C2)C(Cl)(Cl)Cl. The molecule has 3 atom stereocenters. The summed E-state index contributed by atoms with van der Waals surface area (Å²) in [7, 11) is 0. The van der Waals surface area contributed by atoms with Gasteiger partial charge < -0.3 is 20.1 Å². The number of alkyl halides is 3. The Labute approximate surface area is 165 Å². The Bertz CT molecular complexity index is 736. The molecule has 0 radical (unpaired) electrons. The van der Waals surface area contributed by atoms with Crippen LogP contribution in [0.3, 0.4) is 0 Å². The first-order valence-electron chi connectivity index (χ1n) is 7.81. The molecule has 25 heavy (non-hydrogen) atoms. The highest BCUT2D eigenvalue weighted by Crippen LogP contribution is 2.35. The van der Waals surface area contributed by atoms with Crippen molar-refractivity contribution in [2.75, 3.05) is 13.1 Å². The Morgan fingerprint density at radius 1 is 1.32 bits per heavy atom. The van der Waals surface area contributed by atoms with Gasteiger partial charge in [0, 0.05) is 37.3 Å². The minimum absolute atomic E-state index is 0.0350. The molecule has 2 aliphatic heterocycles. The summed E-state index contributed by atoms with van der Waals surface area (Å²) in [5.41, 5.74) is 1.06. The summed E-state index contributed by atoms with van der Waals surface area (Å²) in [6, 6.07) is 5.36. The normalized spacial score (nSPS) is 23.4. The van der Waals surface area contributed by atoms with Crippen LogP contribution in [0.15, 0.2) is 23.0 Å². The van der Waals surface area contributed by atoms with Crippen molar-refractivity contribution in [3.63, 3.8) is 0 Å². The molecule has 6 nitrogen and oxygen atoms in total. The summed E-state index contributed by atoms with van der Waals surface area (Å²) in [6.45, 7) is 2.04. The molecule has 0 spiro atoms. The molecule has 136 valence electrons. The predicted molar refractivity (Wildman–Crippen MR) is 102 cm³/mol.